The lowest BCUT2D eigenvalue weighted by molar-refractivity contribution is 0.0995. The van der Waals surface area contributed by atoms with Crippen molar-refractivity contribution in [3.63, 3.8) is 0 Å². The van der Waals surface area contributed by atoms with Crippen LogP contribution >= 0.6 is 0 Å². The maximum Gasteiger partial charge on any atom is 0.265 e. The first-order chi connectivity index (χ1) is 7.02. The van der Waals surface area contributed by atoms with Gasteiger partial charge in [0.15, 0.2) is 0 Å². The summed E-state index contributed by atoms with van der Waals surface area (Å²) in [7, 11) is -3.48. The van der Waals surface area contributed by atoms with Gasteiger partial charge in [-0.15, -0.1) is 0 Å². The van der Waals surface area contributed by atoms with Crippen LogP contribution in [0.5, 0.6) is 0 Å². The molecule has 1 aromatic heterocycles. The highest BCUT2D eigenvalue weighted by atomic mass is 32.2. The van der Waals surface area contributed by atoms with E-state index < -0.39 is 15.9 Å². The highest BCUT2D eigenvalue weighted by Crippen LogP contribution is 2.22. The second-order valence-electron chi connectivity index (χ2n) is 3.37. The Balaban J connectivity index is 2.63. The average molecular weight is 229 g/mol. The molecule has 0 bridgehead atoms. The van der Waals surface area contributed by atoms with E-state index in [9.17, 15) is 13.2 Å². The van der Waals surface area contributed by atoms with Crippen molar-refractivity contribution in [2.24, 2.45) is 5.73 Å². The molecule has 1 aliphatic rings. The number of aromatic nitrogens is 1. The van der Waals surface area contributed by atoms with Crippen LogP contribution < -0.4 is 10.5 Å². The van der Waals surface area contributed by atoms with Gasteiger partial charge in [0.05, 0.1) is 0 Å². The zero-order valence-electron chi connectivity index (χ0n) is 7.91. The molecule has 0 radical (unpaired) electrons. The Morgan fingerprint density at radius 3 is 2.87 bits per heavy atom. The first kappa shape index (κ1) is 10.2. The lowest BCUT2D eigenvalue weighted by Crippen LogP contribution is -2.22. The van der Waals surface area contributed by atoms with Gasteiger partial charge in [-0.2, -0.15) is 0 Å². The molecule has 2 rings (SSSR count). The van der Waals surface area contributed by atoms with Crippen LogP contribution in [-0.2, 0) is 16.4 Å². The first-order valence-electron chi connectivity index (χ1n) is 4.52. The summed E-state index contributed by atoms with van der Waals surface area (Å²) in [6, 6.07) is 0. The Labute approximate surface area is 86.9 Å². The number of H-pyrrole nitrogens is 1. The van der Waals surface area contributed by atoms with E-state index in [4.69, 9.17) is 5.73 Å². The van der Waals surface area contributed by atoms with Gasteiger partial charge in [0.1, 0.15) is 10.6 Å². The van der Waals surface area contributed by atoms with E-state index in [0.29, 0.717) is 24.9 Å². The number of nitrogens with one attached hydrogen (secondary N) is 2. The Morgan fingerprint density at radius 1 is 1.47 bits per heavy atom. The monoisotopic (exact) mass is 229 g/mol. The molecular weight excluding hydrogens is 218 g/mol. The van der Waals surface area contributed by atoms with Crippen molar-refractivity contribution in [1.82, 2.24) is 9.71 Å². The Bertz CT molecular complexity index is 503. The fourth-order valence-electron chi connectivity index (χ4n) is 1.69. The molecule has 0 unspecified atom stereocenters. The Kier molecular flexibility index (Phi) is 2.28. The molecule has 0 aliphatic carbocycles. The summed E-state index contributed by atoms with van der Waals surface area (Å²) in [6.45, 7) is 0.384. The van der Waals surface area contributed by atoms with Crippen molar-refractivity contribution < 1.29 is 13.2 Å². The number of hydrogen-bond acceptors (Lipinski definition) is 3. The molecule has 1 aliphatic heterocycles. The fraction of sp³-hybridized carbons (Fsp3) is 0.375. The van der Waals surface area contributed by atoms with Gasteiger partial charge in [-0.25, -0.2) is 13.1 Å². The Hall–Kier alpha value is -1.34. The van der Waals surface area contributed by atoms with Crippen LogP contribution in [0.25, 0.3) is 0 Å². The van der Waals surface area contributed by atoms with E-state index in [2.05, 4.69) is 9.71 Å². The summed E-state index contributed by atoms with van der Waals surface area (Å²) in [4.78, 5) is 13.8. The maximum atomic E-state index is 11.6. The number of fused-ring (bicyclic) bond motifs is 1. The normalized spacial score (nSPS) is 19.2. The summed E-state index contributed by atoms with van der Waals surface area (Å²) < 4.78 is 25.7. The van der Waals surface area contributed by atoms with Crippen LogP contribution in [0.15, 0.2) is 11.1 Å². The number of rotatable bonds is 1. The number of carbonyl (C=O) groups excluding carboxylic acids is 1. The quantitative estimate of drug-likeness (QED) is 0.595. The third-order valence-corrected chi connectivity index (χ3v) is 3.91. The van der Waals surface area contributed by atoms with Crippen LogP contribution in [0.1, 0.15) is 22.5 Å². The number of amides is 1. The smallest absolute Gasteiger partial charge is 0.265 e. The predicted octanol–water partition coefficient (Wildman–Crippen LogP) is -0.662. The molecule has 15 heavy (non-hydrogen) atoms. The molecule has 0 atom stereocenters. The van der Waals surface area contributed by atoms with Crippen molar-refractivity contribution in [3.05, 3.63) is 17.5 Å². The third-order valence-electron chi connectivity index (χ3n) is 2.38. The second kappa shape index (κ2) is 3.35. The van der Waals surface area contributed by atoms with Crippen LogP contribution in [0, 0.1) is 0 Å². The second-order valence-corrected chi connectivity index (χ2v) is 5.11. The molecule has 0 fully saturated rings. The molecule has 82 valence electrons. The topological polar surface area (TPSA) is 105 Å². The number of aromatic amines is 1. The van der Waals surface area contributed by atoms with Gasteiger partial charge in [-0.1, -0.05) is 0 Å². The molecule has 4 N–H and O–H groups in total. The van der Waals surface area contributed by atoms with Gasteiger partial charge in [-0.3, -0.25) is 4.79 Å². The van der Waals surface area contributed by atoms with Crippen molar-refractivity contribution in [2.75, 3.05) is 6.54 Å². The summed E-state index contributed by atoms with van der Waals surface area (Å²) in [5.74, 6) is -0.631. The molecule has 0 spiro atoms. The van der Waals surface area contributed by atoms with Crippen LogP contribution in [0.3, 0.4) is 0 Å². The minimum Gasteiger partial charge on any atom is -0.364 e. The van der Waals surface area contributed by atoms with Gasteiger partial charge < -0.3 is 10.7 Å². The summed E-state index contributed by atoms with van der Waals surface area (Å²) >= 11 is 0. The molecule has 2 heterocycles. The molecule has 1 amide bonds. The van der Waals surface area contributed by atoms with E-state index in [-0.39, 0.29) is 10.6 Å². The van der Waals surface area contributed by atoms with Gasteiger partial charge in [0, 0.05) is 18.3 Å². The van der Waals surface area contributed by atoms with Crippen molar-refractivity contribution in [1.29, 1.82) is 0 Å². The minimum atomic E-state index is -3.48. The molecule has 1 aromatic rings. The zero-order valence-corrected chi connectivity index (χ0v) is 8.73. The number of primary amides is 1. The van der Waals surface area contributed by atoms with E-state index in [0.717, 1.165) is 0 Å². The zero-order chi connectivity index (χ0) is 11.1. The van der Waals surface area contributed by atoms with Gasteiger partial charge >= 0.3 is 0 Å². The maximum absolute atomic E-state index is 11.6. The molecule has 0 saturated carbocycles. The number of sulfonamides is 1. The van der Waals surface area contributed by atoms with Crippen molar-refractivity contribution in [2.45, 2.75) is 17.7 Å². The Morgan fingerprint density at radius 2 is 2.20 bits per heavy atom. The molecular formula is C8H11N3O3S. The SMILES string of the molecule is NC(=O)c1[nH]cc2c1CCCNS2(=O)=O. The molecule has 0 saturated heterocycles. The van der Waals surface area contributed by atoms with Crippen LogP contribution in [0.2, 0.25) is 0 Å². The lowest BCUT2D eigenvalue weighted by atomic mass is 10.1. The van der Waals surface area contributed by atoms with Crippen LogP contribution in [-0.4, -0.2) is 25.9 Å². The predicted molar refractivity (Wildman–Crippen MR) is 52.8 cm³/mol. The molecule has 7 heteroatoms. The van der Waals surface area contributed by atoms with Gasteiger partial charge in [0.2, 0.25) is 10.0 Å². The van der Waals surface area contributed by atoms with E-state index in [1.54, 1.807) is 0 Å². The average Bonchev–Trinajstić information content (AvgIpc) is 2.51. The molecule has 6 nitrogen and oxygen atoms in total. The fourth-order valence-corrected chi connectivity index (χ4v) is 3.00. The summed E-state index contributed by atoms with van der Waals surface area (Å²) in [5, 5.41) is 0. The number of carbonyl (C=O) groups is 1. The first-order valence-corrected chi connectivity index (χ1v) is 6.00. The van der Waals surface area contributed by atoms with Gasteiger partial charge in [0.25, 0.3) is 5.91 Å². The summed E-state index contributed by atoms with van der Waals surface area (Å²) in [5.41, 5.74) is 5.82. The third kappa shape index (κ3) is 1.64. The van der Waals surface area contributed by atoms with Crippen molar-refractivity contribution >= 4 is 15.9 Å². The standard InChI is InChI=1S/C8H11N3O3S/c9-8(12)7-5-2-1-3-11-15(13,14)6(5)4-10-7/h4,10-11H,1-3H2,(H2,9,12). The number of hydrogen-bond donors (Lipinski definition) is 3. The lowest BCUT2D eigenvalue weighted by Gasteiger charge is -2.00. The molecule has 0 aromatic carbocycles. The van der Waals surface area contributed by atoms with Crippen LogP contribution in [0.4, 0.5) is 0 Å². The highest BCUT2D eigenvalue weighted by molar-refractivity contribution is 7.89. The largest absolute Gasteiger partial charge is 0.364 e. The summed E-state index contributed by atoms with van der Waals surface area (Å²) in [6.07, 6.45) is 2.50. The van der Waals surface area contributed by atoms with E-state index >= 15 is 0 Å². The van der Waals surface area contributed by atoms with E-state index in [1.807, 2.05) is 0 Å². The minimum absolute atomic E-state index is 0.133. The van der Waals surface area contributed by atoms with E-state index in [1.165, 1.54) is 6.20 Å². The highest BCUT2D eigenvalue weighted by Gasteiger charge is 2.26. The van der Waals surface area contributed by atoms with Crippen molar-refractivity contribution in [3.8, 4) is 0 Å². The van der Waals surface area contributed by atoms with Gasteiger partial charge in [-0.05, 0) is 12.8 Å². The number of nitrogens with two attached hydrogens (primary N) is 1.